The van der Waals surface area contributed by atoms with Gasteiger partial charge in [-0.2, -0.15) is 0 Å². The molecule has 0 N–H and O–H groups in total. The predicted molar refractivity (Wildman–Crippen MR) is 113 cm³/mol. The number of aromatic nitrogens is 1. The van der Waals surface area contributed by atoms with Crippen molar-refractivity contribution in [1.29, 1.82) is 0 Å². The molecule has 148 valence electrons. The number of hydrogen-bond donors (Lipinski definition) is 0. The van der Waals surface area contributed by atoms with Gasteiger partial charge in [0, 0.05) is 24.4 Å². The van der Waals surface area contributed by atoms with Crippen molar-refractivity contribution in [2.45, 2.75) is 77.7 Å². The predicted octanol–water partition coefficient (Wildman–Crippen LogP) is 6.71. The van der Waals surface area contributed by atoms with Crippen LogP contribution in [0.5, 0.6) is 0 Å². The van der Waals surface area contributed by atoms with Gasteiger partial charge in [-0.25, -0.2) is 0 Å². The largest absolute Gasteiger partial charge is 0.461 e. The quantitative estimate of drug-likeness (QED) is 0.196. The Morgan fingerprint density at radius 1 is 0.963 bits per heavy atom. The Morgan fingerprint density at radius 2 is 1.67 bits per heavy atom. The SMILES string of the molecule is CC/C=C/C/C=C/C/C=C/CCCCCCCC(=O)OCc1cccnc1. The van der Waals surface area contributed by atoms with Gasteiger partial charge in [0.15, 0.2) is 0 Å². The van der Waals surface area contributed by atoms with Crippen molar-refractivity contribution >= 4 is 5.97 Å². The lowest BCUT2D eigenvalue weighted by atomic mass is 10.1. The number of carbonyl (C=O) groups is 1. The van der Waals surface area contributed by atoms with E-state index >= 15 is 0 Å². The highest BCUT2D eigenvalue weighted by Crippen LogP contribution is 2.09. The molecule has 27 heavy (non-hydrogen) atoms. The molecule has 0 atom stereocenters. The summed E-state index contributed by atoms with van der Waals surface area (Å²) < 4.78 is 5.25. The summed E-state index contributed by atoms with van der Waals surface area (Å²) in [6.45, 7) is 2.48. The summed E-state index contributed by atoms with van der Waals surface area (Å²) in [5.41, 5.74) is 0.933. The number of carbonyl (C=O) groups excluding carboxylic acids is 1. The molecule has 0 aliphatic carbocycles. The molecular formula is C24H35NO2. The van der Waals surface area contributed by atoms with Gasteiger partial charge in [-0.05, 0) is 44.6 Å². The van der Waals surface area contributed by atoms with E-state index in [-0.39, 0.29) is 5.97 Å². The molecule has 1 aromatic heterocycles. The van der Waals surface area contributed by atoms with Crippen LogP contribution < -0.4 is 0 Å². The molecule has 0 saturated carbocycles. The zero-order valence-corrected chi connectivity index (χ0v) is 16.8. The van der Waals surface area contributed by atoms with Crippen LogP contribution in [0.4, 0.5) is 0 Å². The topological polar surface area (TPSA) is 39.2 Å². The molecule has 0 fully saturated rings. The van der Waals surface area contributed by atoms with Crippen molar-refractivity contribution in [2.75, 3.05) is 0 Å². The van der Waals surface area contributed by atoms with Crippen molar-refractivity contribution in [1.82, 2.24) is 4.98 Å². The third-order valence-electron chi connectivity index (χ3n) is 4.15. The van der Waals surface area contributed by atoms with Gasteiger partial charge in [-0.3, -0.25) is 9.78 Å². The first kappa shape index (κ1) is 22.9. The van der Waals surface area contributed by atoms with Crippen molar-refractivity contribution in [3.8, 4) is 0 Å². The van der Waals surface area contributed by atoms with Gasteiger partial charge < -0.3 is 4.74 Å². The van der Waals surface area contributed by atoms with Crippen LogP contribution in [0.25, 0.3) is 0 Å². The first-order valence-corrected chi connectivity index (χ1v) is 10.3. The molecule has 0 aliphatic heterocycles. The lowest BCUT2D eigenvalue weighted by Crippen LogP contribution is -2.04. The van der Waals surface area contributed by atoms with Gasteiger partial charge in [0.2, 0.25) is 0 Å². The molecule has 0 saturated heterocycles. The summed E-state index contributed by atoms with van der Waals surface area (Å²) in [6, 6.07) is 3.76. The molecule has 0 bridgehead atoms. The summed E-state index contributed by atoms with van der Waals surface area (Å²) in [7, 11) is 0. The average molecular weight is 370 g/mol. The van der Waals surface area contributed by atoms with Crippen LogP contribution in [0.15, 0.2) is 61.0 Å². The fraction of sp³-hybridized carbons (Fsp3) is 0.500. The standard InChI is InChI=1S/C24H35NO2/c1-2-3-4-5-6-7-8-9-10-11-12-13-14-15-16-19-24(26)27-22-23-18-17-20-25-21-23/h3-4,6-7,9-10,17-18,20-21H,2,5,8,11-16,19,22H2,1H3/b4-3+,7-6+,10-9+. The number of pyridine rings is 1. The van der Waals surface area contributed by atoms with Crippen LogP contribution in [-0.2, 0) is 16.1 Å². The number of rotatable bonds is 15. The van der Waals surface area contributed by atoms with Crippen molar-refractivity contribution < 1.29 is 9.53 Å². The highest BCUT2D eigenvalue weighted by molar-refractivity contribution is 5.69. The maximum absolute atomic E-state index is 11.7. The van der Waals surface area contributed by atoms with Gasteiger partial charge in [-0.15, -0.1) is 0 Å². The minimum atomic E-state index is -0.111. The summed E-state index contributed by atoms with van der Waals surface area (Å²) in [4.78, 5) is 15.7. The number of ether oxygens (including phenoxy) is 1. The highest BCUT2D eigenvalue weighted by Gasteiger charge is 2.03. The van der Waals surface area contributed by atoms with Crippen LogP contribution in [-0.4, -0.2) is 11.0 Å². The van der Waals surface area contributed by atoms with Gasteiger partial charge in [0.1, 0.15) is 6.61 Å². The minimum Gasteiger partial charge on any atom is -0.461 e. The molecule has 1 heterocycles. The van der Waals surface area contributed by atoms with E-state index in [9.17, 15) is 4.79 Å². The van der Waals surface area contributed by atoms with Gasteiger partial charge >= 0.3 is 5.97 Å². The fourth-order valence-corrected chi connectivity index (χ4v) is 2.61. The zero-order chi connectivity index (χ0) is 19.4. The molecule has 0 unspecified atom stereocenters. The fourth-order valence-electron chi connectivity index (χ4n) is 2.61. The Kier molecular flexibility index (Phi) is 14.6. The molecular weight excluding hydrogens is 334 g/mol. The monoisotopic (exact) mass is 369 g/mol. The van der Waals surface area contributed by atoms with E-state index in [1.54, 1.807) is 12.4 Å². The Bertz CT molecular complexity index is 561. The zero-order valence-electron chi connectivity index (χ0n) is 16.8. The Morgan fingerprint density at radius 3 is 2.41 bits per heavy atom. The maximum atomic E-state index is 11.7. The lowest BCUT2D eigenvalue weighted by molar-refractivity contribution is -0.145. The van der Waals surface area contributed by atoms with Crippen LogP contribution in [0.1, 0.15) is 76.7 Å². The van der Waals surface area contributed by atoms with E-state index in [1.807, 2.05) is 12.1 Å². The Labute approximate surface area is 165 Å². The molecule has 1 aromatic rings. The van der Waals surface area contributed by atoms with E-state index in [4.69, 9.17) is 4.74 Å². The molecule has 3 nitrogen and oxygen atoms in total. The average Bonchev–Trinajstić information content (AvgIpc) is 2.70. The molecule has 1 rings (SSSR count). The number of unbranched alkanes of at least 4 members (excludes halogenated alkanes) is 5. The maximum Gasteiger partial charge on any atom is 0.306 e. The number of esters is 1. The molecule has 0 spiro atoms. The summed E-state index contributed by atoms with van der Waals surface area (Å²) >= 11 is 0. The summed E-state index contributed by atoms with van der Waals surface area (Å²) in [5.74, 6) is -0.111. The number of nitrogens with zero attached hydrogens (tertiary/aromatic N) is 1. The number of hydrogen-bond acceptors (Lipinski definition) is 3. The lowest BCUT2D eigenvalue weighted by Gasteiger charge is -2.04. The van der Waals surface area contributed by atoms with Gasteiger partial charge in [-0.1, -0.05) is 68.7 Å². The second-order valence-corrected chi connectivity index (χ2v) is 6.62. The Hall–Kier alpha value is -2.16. The normalized spacial score (nSPS) is 11.7. The third kappa shape index (κ3) is 14.7. The molecule has 0 radical (unpaired) electrons. The van der Waals surface area contributed by atoms with Crippen LogP contribution >= 0.6 is 0 Å². The molecule has 0 amide bonds. The van der Waals surface area contributed by atoms with Gasteiger partial charge in [0.25, 0.3) is 0 Å². The van der Waals surface area contributed by atoms with E-state index in [0.29, 0.717) is 13.0 Å². The van der Waals surface area contributed by atoms with Crippen LogP contribution in [0.2, 0.25) is 0 Å². The minimum absolute atomic E-state index is 0.111. The van der Waals surface area contributed by atoms with Crippen molar-refractivity contribution in [3.05, 3.63) is 66.5 Å². The molecule has 0 aliphatic rings. The highest BCUT2D eigenvalue weighted by atomic mass is 16.5. The van der Waals surface area contributed by atoms with E-state index in [2.05, 4.69) is 48.4 Å². The second-order valence-electron chi connectivity index (χ2n) is 6.62. The van der Waals surface area contributed by atoms with E-state index < -0.39 is 0 Å². The number of allylic oxidation sites excluding steroid dienone is 6. The van der Waals surface area contributed by atoms with Crippen molar-refractivity contribution in [2.24, 2.45) is 0 Å². The summed E-state index contributed by atoms with van der Waals surface area (Å²) in [5, 5.41) is 0. The Balaban J connectivity index is 1.87. The van der Waals surface area contributed by atoms with Crippen LogP contribution in [0, 0.1) is 0 Å². The van der Waals surface area contributed by atoms with Crippen LogP contribution in [0.3, 0.4) is 0 Å². The molecule has 3 heteroatoms. The smallest absolute Gasteiger partial charge is 0.306 e. The van der Waals surface area contributed by atoms with Crippen molar-refractivity contribution in [3.63, 3.8) is 0 Å². The third-order valence-corrected chi connectivity index (χ3v) is 4.15. The molecule has 0 aromatic carbocycles. The van der Waals surface area contributed by atoms with E-state index in [0.717, 1.165) is 44.1 Å². The first-order chi connectivity index (χ1) is 13.3. The van der Waals surface area contributed by atoms with Gasteiger partial charge in [0.05, 0.1) is 0 Å². The van der Waals surface area contributed by atoms with E-state index in [1.165, 1.54) is 19.3 Å². The second kappa shape index (κ2) is 17.3. The summed E-state index contributed by atoms with van der Waals surface area (Å²) in [6.07, 6.45) is 27.3. The first-order valence-electron chi connectivity index (χ1n) is 10.3.